The van der Waals surface area contributed by atoms with E-state index in [-0.39, 0.29) is 17.9 Å². The molecule has 2 aromatic rings. The Morgan fingerprint density at radius 1 is 0.903 bits per heavy atom. The van der Waals surface area contributed by atoms with Crippen molar-refractivity contribution < 1.29 is 9.59 Å². The Bertz CT molecular complexity index is 955. The van der Waals surface area contributed by atoms with Crippen molar-refractivity contribution in [1.29, 1.82) is 0 Å². The van der Waals surface area contributed by atoms with Gasteiger partial charge in [-0.3, -0.25) is 14.6 Å². The molecule has 162 valence electrons. The van der Waals surface area contributed by atoms with E-state index in [9.17, 15) is 9.59 Å². The summed E-state index contributed by atoms with van der Waals surface area (Å²) in [5.41, 5.74) is 1.24. The zero-order valence-electron chi connectivity index (χ0n) is 17.5. The fourth-order valence-corrected chi connectivity index (χ4v) is 4.91. The zero-order chi connectivity index (χ0) is 21.4. The number of rotatable bonds is 6. The zero-order valence-corrected chi connectivity index (χ0v) is 18.2. The molecule has 2 aliphatic heterocycles. The summed E-state index contributed by atoms with van der Waals surface area (Å²) in [6, 6.07) is 17.4. The Kier molecular flexibility index (Phi) is 5.46. The van der Waals surface area contributed by atoms with E-state index >= 15 is 0 Å². The summed E-state index contributed by atoms with van der Waals surface area (Å²) >= 11 is 5.98. The predicted octanol–water partition coefficient (Wildman–Crippen LogP) is 3.27. The van der Waals surface area contributed by atoms with Crippen molar-refractivity contribution >= 4 is 23.5 Å². The van der Waals surface area contributed by atoms with Crippen LogP contribution in [0.2, 0.25) is 5.02 Å². The molecule has 0 radical (unpaired) electrons. The van der Waals surface area contributed by atoms with Gasteiger partial charge in [-0.25, -0.2) is 9.69 Å². The van der Waals surface area contributed by atoms with Crippen LogP contribution in [-0.4, -0.2) is 59.5 Å². The Labute approximate surface area is 187 Å². The molecule has 31 heavy (non-hydrogen) atoms. The third kappa shape index (κ3) is 3.95. The number of benzene rings is 2. The fourth-order valence-electron chi connectivity index (χ4n) is 4.79. The molecule has 0 aromatic heterocycles. The van der Waals surface area contributed by atoms with Crippen molar-refractivity contribution in [2.24, 2.45) is 5.92 Å². The number of nitrogens with zero attached hydrogens (tertiary/aromatic N) is 3. The summed E-state index contributed by atoms with van der Waals surface area (Å²) < 4.78 is 0. The van der Waals surface area contributed by atoms with Crippen LogP contribution in [0, 0.1) is 5.92 Å². The number of imide groups is 1. The highest BCUT2D eigenvalue weighted by Gasteiger charge is 2.60. The Balaban J connectivity index is 1.22. The highest BCUT2D eigenvalue weighted by Crippen LogP contribution is 2.48. The molecule has 0 bridgehead atoms. The first-order valence-corrected chi connectivity index (χ1v) is 11.3. The molecule has 6 nitrogen and oxygen atoms in total. The smallest absolute Gasteiger partial charge is 0.319 e. The number of nitrogens with one attached hydrogen (secondary N) is 1. The van der Waals surface area contributed by atoms with Crippen molar-refractivity contribution in [2.75, 3.05) is 32.8 Å². The highest BCUT2D eigenvalue weighted by atomic mass is 35.5. The van der Waals surface area contributed by atoms with Crippen LogP contribution in [0.25, 0.3) is 0 Å². The monoisotopic (exact) mass is 438 g/mol. The van der Waals surface area contributed by atoms with Gasteiger partial charge in [0.05, 0.1) is 6.67 Å². The van der Waals surface area contributed by atoms with Gasteiger partial charge in [-0.2, -0.15) is 0 Å². The number of carbonyl (C=O) groups excluding carboxylic acids is 2. The third-order valence-electron chi connectivity index (χ3n) is 6.68. The summed E-state index contributed by atoms with van der Waals surface area (Å²) in [5.74, 6) is 0.0855. The first-order chi connectivity index (χ1) is 15.1. The van der Waals surface area contributed by atoms with E-state index in [1.807, 2.05) is 42.5 Å². The molecule has 3 amide bonds. The second-order valence-corrected chi connectivity index (χ2v) is 9.21. The van der Waals surface area contributed by atoms with E-state index in [1.165, 1.54) is 10.5 Å². The van der Waals surface area contributed by atoms with E-state index in [2.05, 4.69) is 27.2 Å². The van der Waals surface area contributed by atoms with Crippen LogP contribution in [-0.2, 0) is 16.9 Å². The van der Waals surface area contributed by atoms with Crippen molar-refractivity contribution in [3.05, 3.63) is 70.7 Å². The SMILES string of the molecule is O=C1NC(c2ccccc2)(C2CC2)C(=O)N1CN1CCN(Cc2ccc(Cl)cc2)CC1. The van der Waals surface area contributed by atoms with Gasteiger partial charge in [0.1, 0.15) is 5.54 Å². The van der Waals surface area contributed by atoms with Gasteiger partial charge in [0.2, 0.25) is 0 Å². The van der Waals surface area contributed by atoms with E-state index in [0.717, 1.165) is 56.2 Å². The molecule has 3 aliphatic rings. The molecule has 1 atom stereocenters. The van der Waals surface area contributed by atoms with E-state index < -0.39 is 5.54 Å². The molecule has 2 aromatic carbocycles. The first-order valence-electron chi connectivity index (χ1n) is 10.9. The average molecular weight is 439 g/mol. The van der Waals surface area contributed by atoms with Crippen LogP contribution >= 0.6 is 11.6 Å². The van der Waals surface area contributed by atoms with Gasteiger partial charge in [0.25, 0.3) is 5.91 Å². The summed E-state index contributed by atoms with van der Waals surface area (Å²) in [7, 11) is 0. The molecule has 5 rings (SSSR count). The minimum absolute atomic E-state index is 0.102. The molecule has 1 aliphatic carbocycles. The third-order valence-corrected chi connectivity index (χ3v) is 6.93. The van der Waals surface area contributed by atoms with Crippen molar-refractivity contribution in [3.8, 4) is 0 Å². The largest absolute Gasteiger partial charge is 0.326 e. The standard InChI is InChI=1S/C24H27ClN4O2/c25-21-10-6-18(7-11-21)16-27-12-14-28(15-13-27)17-29-22(30)24(20-8-9-20,26-23(29)31)19-4-2-1-3-5-19/h1-7,10-11,20H,8-9,12-17H2,(H,26,31). The van der Waals surface area contributed by atoms with Crippen LogP contribution in [0.4, 0.5) is 4.79 Å². The van der Waals surface area contributed by atoms with Crippen LogP contribution in [0.1, 0.15) is 24.0 Å². The van der Waals surface area contributed by atoms with Gasteiger partial charge in [-0.15, -0.1) is 0 Å². The summed E-state index contributed by atoms with van der Waals surface area (Å²) in [4.78, 5) is 32.4. The van der Waals surface area contributed by atoms with Gasteiger partial charge in [-0.05, 0) is 42.0 Å². The molecule has 7 heteroatoms. The maximum atomic E-state index is 13.5. The Morgan fingerprint density at radius 2 is 1.55 bits per heavy atom. The molecule has 0 spiro atoms. The Hall–Kier alpha value is -2.41. The highest BCUT2D eigenvalue weighted by molar-refractivity contribution is 6.30. The van der Waals surface area contributed by atoms with Gasteiger partial charge in [-0.1, -0.05) is 54.1 Å². The normalized spacial score (nSPS) is 25.1. The lowest BCUT2D eigenvalue weighted by molar-refractivity contribution is -0.134. The number of hydrogen-bond donors (Lipinski definition) is 1. The fraction of sp³-hybridized carbons (Fsp3) is 0.417. The van der Waals surface area contributed by atoms with Gasteiger partial charge >= 0.3 is 6.03 Å². The number of halogens is 1. The molecule has 1 N–H and O–H groups in total. The minimum Gasteiger partial charge on any atom is -0.319 e. The summed E-state index contributed by atoms with van der Waals surface area (Å²) in [6.07, 6.45) is 1.94. The van der Waals surface area contributed by atoms with Gasteiger partial charge in [0, 0.05) is 37.7 Å². The van der Waals surface area contributed by atoms with Crippen molar-refractivity contribution in [1.82, 2.24) is 20.0 Å². The Morgan fingerprint density at radius 3 is 2.19 bits per heavy atom. The number of urea groups is 1. The molecule has 3 fully saturated rings. The summed E-state index contributed by atoms with van der Waals surface area (Å²) in [6.45, 7) is 4.68. The van der Waals surface area contributed by atoms with Crippen LogP contribution in [0.15, 0.2) is 54.6 Å². The minimum atomic E-state index is -0.894. The first kappa shape index (κ1) is 20.5. The quantitative estimate of drug-likeness (QED) is 0.703. The van der Waals surface area contributed by atoms with Crippen molar-refractivity contribution in [2.45, 2.75) is 24.9 Å². The average Bonchev–Trinajstić information content (AvgIpc) is 3.61. The van der Waals surface area contributed by atoms with Crippen LogP contribution in [0.3, 0.4) is 0 Å². The molecule has 1 unspecified atom stereocenters. The van der Waals surface area contributed by atoms with Gasteiger partial charge in [0.15, 0.2) is 0 Å². The van der Waals surface area contributed by atoms with Crippen LogP contribution in [0.5, 0.6) is 0 Å². The van der Waals surface area contributed by atoms with E-state index in [0.29, 0.717) is 6.67 Å². The number of piperazine rings is 1. The van der Waals surface area contributed by atoms with Crippen molar-refractivity contribution in [3.63, 3.8) is 0 Å². The van der Waals surface area contributed by atoms with Gasteiger partial charge < -0.3 is 5.32 Å². The maximum Gasteiger partial charge on any atom is 0.326 e. The topological polar surface area (TPSA) is 55.9 Å². The molecule has 2 heterocycles. The number of amides is 3. The van der Waals surface area contributed by atoms with E-state index in [1.54, 1.807) is 0 Å². The predicted molar refractivity (Wildman–Crippen MR) is 119 cm³/mol. The molecular formula is C24H27ClN4O2. The summed E-state index contributed by atoms with van der Waals surface area (Å²) in [5, 5.41) is 3.82. The molecular weight excluding hydrogens is 412 g/mol. The molecule has 2 saturated heterocycles. The number of hydrogen-bond acceptors (Lipinski definition) is 4. The maximum absolute atomic E-state index is 13.5. The lowest BCUT2D eigenvalue weighted by atomic mass is 9.85. The molecule has 1 saturated carbocycles. The number of carbonyl (C=O) groups is 2. The van der Waals surface area contributed by atoms with Crippen LogP contribution < -0.4 is 5.32 Å². The van der Waals surface area contributed by atoms with E-state index in [4.69, 9.17) is 11.6 Å². The second-order valence-electron chi connectivity index (χ2n) is 8.77. The lowest BCUT2D eigenvalue weighted by Crippen LogP contribution is -2.51. The second kappa shape index (κ2) is 8.26. The lowest BCUT2D eigenvalue weighted by Gasteiger charge is -2.36.